The summed E-state index contributed by atoms with van der Waals surface area (Å²) in [4.78, 5) is 45.2. The number of nitro groups is 1. The fraction of sp³-hybridized carbons (Fsp3) is 0.129. The molecule has 4 aliphatic rings. The van der Waals surface area contributed by atoms with Crippen LogP contribution in [0.4, 0.5) is 17.1 Å². The van der Waals surface area contributed by atoms with E-state index in [4.69, 9.17) is 16.6 Å². The molecule has 4 aromatic carbocycles. The van der Waals surface area contributed by atoms with E-state index in [-0.39, 0.29) is 23.4 Å². The molecule has 39 heavy (non-hydrogen) atoms. The third-order valence-electron chi connectivity index (χ3n) is 8.25. The predicted molar refractivity (Wildman–Crippen MR) is 148 cm³/mol. The number of nitro benzene ring substituents is 1. The predicted octanol–water partition coefficient (Wildman–Crippen LogP) is 6.20. The van der Waals surface area contributed by atoms with Crippen LogP contribution >= 0.6 is 11.6 Å². The highest BCUT2D eigenvalue weighted by Gasteiger charge is 2.68. The van der Waals surface area contributed by atoms with Gasteiger partial charge in [0.2, 0.25) is 11.8 Å². The summed E-state index contributed by atoms with van der Waals surface area (Å²) in [5.41, 5.74) is 3.67. The molecule has 0 aromatic heterocycles. The molecule has 1 aliphatic heterocycles. The smallest absolute Gasteiger partial charge is 0.269 e. The highest BCUT2D eigenvalue weighted by atomic mass is 35.5. The van der Waals surface area contributed by atoms with E-state index in [2.05, 4.69) is 0 Å². The molecule has 2 amide bonds. The maximum Gasteiger partial charge on any atom is 0.269 e. The molecule has 1 fully saturated rings. The summed E-state index contributed by atoms with van der Waals surface area (Å²) in [6.45, 7) is 0. The summed E-state index contributed by atoms with van der Waals surface area (Å²) >= 11 is 6.49. The van der Waals surface area contributed by atoms with E-state index in [1.807, 2.05) is 48.5 Å². The lowest BCUT2D eigenvalue weighted by Gasteiger charge is -2.52. The second kappa shape index (κ2) is 8.44. The first kappa shape index (κ1) is 23.5. The third-order valence-corrected chi connectivity index (χ3v) is 8.57. The molecule has 8 rings (SSSR count). The Balaban J connectivity index is 1.48. The summed E-state index contributed by atoms with van der Waals surface area (Å²) in [5.74, 6) is -2.26. The van der Waals surface area contributed by atoms with Gasteiger partial charge in [-0.15, -0.1) is 0 Å². The first-order valence-electron chi connectivity index (χ1n) is 12.5. The van der Waals surface area contributed by atoms with Crippen LogP contribution in [-0.4, -0.2) is 23.0 Å². The number of hydrogen-bond donors (Lipinski definition) is 0. The number of imide groups is 1. The number of nitrogens with zero attached hydrogens (tertiary/aromatic N) is 3. The number of carbonyl (C=O) groups excluding carboxylic acids is 2. The number of amides is 2. The first-order valence-corrected chi connectivity index (χ1v) is 12.9. The lowest BCUT2D eigenvalue weighted by molar-refractivity contribution is -0.384. The molecule has 3 aliphatic carbocycles. The Morgan fingerprint density at radius 3 is 2.03 bits per heavy atom. The van der Waals surface area contributed by atoms with E-state index in [1.54, 1.807) is 42.6 Å². The zero-order valence-corrected chi connectivity index (χ0v) is 21.2. The van der Waals surface area contributed by atoms with Crippen LogP contribution in [0.15, 0.2) is 102 Å². The van der Waals surface area contributed by atoms with Gasteiger partial charge in [0.1, 0.15) is 0 Å². The molecule has 8 heteroatoms. The van der Waals surface area contributed by atoms with Gasteiger partial charge < -0.3 is 0 Å². The van der Waals surface area contributed by atoms with Gasteiger partial charge in [-0.1, -0.05) is 72.3 Å². The molecular formula is C31H20ClN3O4. The highest BCUT2D eigenvalue weighted by molar-refractivity contribution is 6.36. The van der Waals surface area contributed by atoms with Gasteiger partial charge >= 0.3 is 0 Å². The van der Waals surface area contributed by atoms with Crippen molar-refractivity contribution in [1.29, 1.82) is 0 Å². The van der Waals surface area contributed by atoms with Gasteiger partial charge in [0.25, 0.3) is 5.69 Å². The van der Waals surface area contributed by atoms with Crippen LogP contribution in [0.1, 0.15) is 28.2 Å². The van der Waals surface area contributed by atoms with Gasteiger partial charge in [-0.25, -0.2) is 4.90 Å². The number of non-ortho nitro benzene ring substituents is 1. The van der Waals surface area contributed by atoms with Crippen molar-refractivity contribution in [2.24, 2.45) is 16.8 Å². The SMILES string of the molecule is O=C1[C@@H]2C3c4ccccc4C(C=Nc4ccc([N+](=O)[O-])cc4)(c4ccccc43)[C@@H]2C(=O)N1c1ccccc1Cl. The number of rotatable bonds is 4. The summed E-state index contributed by atoms with van der Waals surface area (Å²) in [6.07, 6.45) is 1.76. The second-order valence-corrected chi connectivity index (χ2v) is 10.4. The molecule has 1 heterocycles. The average Bonchev–Trinajstić information content (AvgIpc) is 3.23. The third kappa shape index (κ3) is 3.14. The molecule has 190 valence electrons. The Hall–Kier alpha value is -4.62. The number of hydrogen-bond acceptors (Lipinski definition) is 5. The molecule has 2 atom stereocenters. The number of para-hydroxylation sites is 1. The lowest BCUT2D eigenvalue weighted by atomic mass is 9.47. The number of benzene rings is 4. The Morgan fingerprint density at radius 1 is 0.821 bits per heavy atom. The van der Waals surface area contributed by atoms with Crippen molar-refractivity contribution < 1.29 is 14.5 Å². The van der Waals surface area contributed by atoms with Crippen molar-refractivity contribution >= 4 is 46.7 Å². The first-order chi connectivity index (χ1) is 18.9. The minimum absolute atomic E-state index is 0.0343. The number of halogens is 1. The number of carbonyl (C=O) groups is 2. The minimum atomic E-state index is -1.03. The fourth-order valence-corrected chi connectivity index (χ4v) is 6.98. The van der Waals surface area contributed by atoms with Crippen LogP contribution in [0.25, 0.3) is 0 Å². The number of anilines is 1. The number of aliphatic imine (C=N–C) groups is 1. The normalized spacial score (nSPS) is 24.5. The van der Waals surface area contributed by atoms with Gasteiger partial charge in [0.05, 0.1) is 38.6 Å². The van der Waals surface area contributed by atoms with Crippen LogP contribution in [-0.2, 0) is 15.0 Å². The minimum Gasteiger partial charge on any atom is -0.274 e. The van der Waals surface area contributed by atoms with E-state index in [0.29, 0.717) is 16.4 Å². The van der Waals surface area contributed by atoms with E-state index in [1.165, 1.54) is 17.0 Å². The fourth-order valence-electron chi connectivity index (χ4n) is 6.76. The quantitative estimate of drug-likeness (QED) is 0.135. The Kier molecular flexibility index (Phi) is 5.09. The zero-order chi connectivity index (χ0) is 26.9. The highest BCUT2D eigenvalue weighted by Crippen LogP contribution is 2.64. The summed E-state index contributed by atoms with van der Waals surface area (Å²) in [7, 11) is 0. The molecule has 0 unspecified atom stereocenters. The largest absolute Gasteiger partial charge is 0.274 e. The maximum absolute atomic E-state index is 14.4. The Bertz CT molecular complexity index is 1680. The van der Waals surface area contributed by atoms with Crippen molar-refractivity contribution in [3.8, 4) is 0 Å². The van der Waals surface area contributed by atoms with Crippen molar-refractivity contribution in [2.75, 3.05) is 4.90 Å². The monoisotopic (exact) mass is 533 g/mol. The van der Waals surface area contributed by atoms with Crippen LogP contribution in [0.3, 0.4) is 0 Å². The summed E-state index contributed by atoms with van der Waals surface area (Å²) < 4.78 is 0. The molecule has 0 N–H and O–H groups in total. The van der Waals surface area contributed by atoms with Crippen LogP contribution in [0.2, 0.25) is 5.02 Å². The van der Waals surface area contributed by atoms with Gasteiger partial charge in [-0.05, 0) is 46.5 Å². The molecule has 0 radical (unpaired) electrons. The van der Waals surface area contributed by atoms with E-state index < -0.39 is 22.2 Å². The molecule has 0 saturated carbocycles. The van der Waals surface area contributed by atoms with Gasteiger partial charge in [0, 0.05) is 24.3 Å². The molecule has 7 nitrogen and oxygen atoms in total. The maximum atomic E-state index is 14.4. The van der Waals surface area contributed by atoms with E-state index in [9.17, 15) is 19.7 Å². The van der Waals surface area contributed by atoms with Crippen molar-refractivity contribution in [3.63, 3.8) is 0 Å². The topological polar surface area (TPSA) is 92.9 Å². The van der Waals surface area contributed by atoms with Gasteiger partial charge in [-0.3, -0.25) is 24.7 Å². The molecular weight excluding hydrogens is 514 g/mol. The van der Waals surface area contributed by atoms with E-state index in [0.717, 1.165) is 22.3 Å². The summed E-state index contributed by atoms with van der Waals surface area (Å²) in [5, 5.41) is 11.5. The Morgan fingerprint density at radius 2 is 1.41 bits per heavy atom. The van der Waals surface area contributed by atoms with Crippen LogP contribution < -0.4 is 4.90 Å². The molecule has 1 saturated heterocycles. The average molecular weight is 534 g/mol. The van der Waals surface area contributed by atoms with Crippen molar-refractivity contribution in [2.45, 2.75) is 11.3 Å². The zero-order valence-electron chi connectivity index (χ0n) is 20.4. The second-order valence-electron chi connectivity index (χ2n) is 10.0. The Labute approximate surface area is 228 Å². The molecule has 0 spiro atoms. The lowest BCUT2D eigenvalue weighted by Crippen LogP contribution is -2.54. The van der Waals surface area contributed by atoms with Crippen LogP contribution in [0.5, 0.6) is 0 Å². The van der Waals surface area contributed by atoms with Gasteiger partial charge in [-0.2, -0.15) is 0 Å². The summed E-state index contributed by atoms with van der Waals surface area (Å²) in [6, 6.07) is 28.7. The van der Waals surface area contributed by atoms with E-state index >= 15 is 0 Å². The standard InChI is InChI=1S/C31H20ClN3O4/c32-24-11-5-6-12-25(24)34-29(36)27-26-20-7-1-3-9-22(20)31(28(27)30(34)37,23-10-4-2-8-21(23)26)17-33-18-13-15-19(16-14-18)35(38)39/h1-17,26-28H/t26?,27-,28+,31?/m1/s1. The van der Waals surface area contributed by atoms with Gasteiger partial charge in [0.15, 0.2) is 0 Å². The van der Waals surface area contributed by atoms with Crippen molar-refractivity contribution in [3.05, 3.63) is 134 Å². The van der Waals surface area contributed by atoms with Crippen LogP contribution in [0, 0.1) is 22.0 Å². The van der Waals surface area contributed by atoms with Crippen molar-refractivity contribution in [1.82, 2.24) is 0 Å². The molecule has 4 aromatic rings. The molecule has 2 bridgehead atoms.